The van der Waals surface area contributed by atoms with Gasteiger partial charge in [0, 0.05) is 17.8 Å². The summed E-state index contributed by atoms with van der Waals surface area (Å²) in [7, 11) is 1.37. The molecule has 1 aromatic rings. The molecule has 0 saturated carbocycles. The first-order valence-electron chi connectivity index (χ1n) is 7.73. The van der Waals surface area contributed by atoms with Gasteiger partial charge in [0.1, 0.15) is 0 Å². The fourth-order valence-corrected chi connectivity index (χ4v) is 2.90. The number of carbonyl (C=O) groups is 2. The predicted octanol–water partition coefficient (Wildman–Crippen LogP) is 3.32. The van der Waals surface area contributed by atoms with Crippen LogP contribution in [0.1, 0.15) is 55.2 Å². The number of aromatic hydroxyl groups is 1. The summed E-state index contributed by atoms with van der Waals surface area (Å²) < 4.78 is 4.68. The maximum atomic E-state index is 11.6. The number of aliphatic imine (C=N–C) groups is 1. The lowest BCUT2D eigenvalue weighted by atomic mass is 10.0. The zero-order valence-corrected chi connectivity index (χ0v) is 14.6. The van der Waals surface area contributed by atoms with Gasteiger partial charge in [-0.3, -0.25) is 14.6 Å². The highest BCUT2D eigenvalue weighted by Gasteiger charge is 2.21. The van der Waals surface area contributed by atoms with E-state index in [2.05, 4.69) is 14.7 Å². The Morgan fingerprint density at radius 3 is 2.50 bits per heavy atom. The molecule has 0 fully saturated rings. The normalized spacial score (nSPS) is 15.9. The minimum atomic E-state index is -0.253. The Balaban J connectivity index is 2.35. The number of Topliss-reactive ketones (excluding diaryl/α,β-unsaturated/α-hetero) is 1. The van der Waals surface area contributed by atoms with Crippen LogP contribution in [-0.4, -0.2) is 34.7 Å². The molecular formula is C18H22N2O4. The maximum Gasteiger partial charge on any atom is 0.305 e. The highest BCUT2D eigenvalue weighted by Crippen LogP contribution is 2.32. The topological polar surface area (TPSA) is 91.8 Å². The van der Waals surface area contributed by atoms with E-state index in [1.165, 1.54) is 14.0 Å². The van der Waals surface area contributed by atoms with E-state index >= 15 is 0 Å². The van der Waals surface area contributed by atoms with Crippen LogP contribution >= 0.6 is 0 Å². The van der Waals surface area contributed by atoms with E-state index in [0.29, 0.717) is 29.7 Å². The number of carbonyl (C=O) groups excluding carboxylic acids is 2. The molecule has 128 valence electrons. The number of esters is 1. The molecule has 24 heavy (non-hydrogen) atoms. The van der Waals surface area contributed by atoms with Crippen molar-refractivity contribution in [2.75, 3.05) is 7.11 Å². The van der Waals surface area contributed by atoms with Crippen molar-refractivity contribution in [3.8, 4) is 5.88 Å². The van der Waals surface area contributed by atoms with Crippen molar-refractivity contribution in [2.24, 2.45) is 4.99 Å². The Morgan fingerprint density at radius 2 is 1.96 bits per heavy atom. The van der Waals surface area contributed by atoms with Crippen molar-refractivity contribution in [1.82, 2.24) is 4.98 Å². The molecule has 6 heteroatoms. The molecule has 0 amide bonds. The van der Waals surface area contributed by atoms with Crippen molar-refractivity contribution < 1.29 is 19.4 Å². The third-order valence-electron chi connectivity index (χ3n) is 4.27. The lowest BCUT2D eigenvalue weighted by Crippen LogP contribution is -2.03. The van der Waals surface area contributed by atoms with Gasteiger partial charge in [-0.25, -0.2) is 0 Å². The fourth-order valence-electron chi connectivity index (χ4n) is 2.90. The number of allylic oxidation sites excluding steroid dienone is 2. The molecule has 6 nitrogen and oxygen atoms in total. The Kier molecular flexibility index (Phi) is 5.07. The Labute approximate surface area is 140 Å². The van der Waals surface area contributed by atoms with Crippen molar-refractivity contribution in [2.45, 2.75) is 40.5 Å². The van der Waals surface area contributed by atoms with Gasteiger partial charge in [-0.15, -0.1) is 0 Å². The molecule has 2 heterocycles. The molecule has 0 saturated heterocycles. The SMILES string of the molecule is COC(=O)CCC1=C(C)C(=Cc2[nH]c(O)c(C(C)=O)c2C)N=C1C. The Bertz CT molecular complexity index is 794. The molecule has 1 aromatic heterocycles. The third-order valence-corrected chi connectivity index (χ3v) is 4.27. The molecule has 0 atom stereocenters. The van der Waals surface area contributed by atoms with Crippen LogP contribution in [0.15, 0.2) is 21.8 Å². The summed E-state index contributed by atoms with van der Waals surface area (Å²) in [5.74, 6) is -0.571. The van der Waals surface area contributed by atoms with Gasteiger partial charge < -0.3 is 14.8 Å². The van der Waals surface area contributed by atoms with E-state index < -0.39 is 0 Å². The van der Waals surface area contributed by atoms with Gasteiger partial charge in [-0.2, -0.15) is 0 Å². The monoisotopic (exact) mass is 330 g/mol. The van der Waals surface area contributed by atoms with Crippen LogP contribution in [0.25, 0.3) is 6.08 Å². The standard InChI is InChI=1S/C18H22N2O4/c1-9-13(6-7-16(22)24-5)11(3)19-14(9)8-15-10(2)17(12(4)21)18(23)20-15/h8,20,23H,6-7H2,1-5H3. The first-order valence-corrected chi connectivity index (χ1v) is 7.73. The van der Waals surface area contributed by atoms with Crippen LogP contribution in [0.5, 0.6) is 5.88 Å². The first-order chi connectivity index (χ1) is 11.3. The fraction of sp³-hybridized carbons (Fsp3) is 0.389. The Hall–Kier alpha value is -2.63. The zero-order valence-electron chi connectivity index (χ0n) is 14.6. The van der Waals surface area contributed by atoms with Crippen molar-refractivity contribution in [3.05, 3.63) is 33.7 Å². The summed E-state index contributed by atoms with van der Waals surface area (Å²) in [5.41, 5.74) is 5.26. The smallest absolute Gasteiger partial charge is 0.305 e. The van der Waals surface area contributed by atoms with E-state index in [9.17, 15) is 14.7 Å². The summed E-state index contributed by atoms with van der Waals surface area (Å²) in [5, 5.41) is 9.89. The van der Waals surface area contributed by atoms with Crippen LogP contribution in [0, 0.1) is 6.92 Å². The number of H-pyrrole nitrogens is 1. The summed E-state index contributed by atoms with van der Waals surface area (Å²) in [4.78, 5) is 30.3. The van der Waals surface area contributed by atoms with Crippen molar-refractivity contribution in [1.29, 1.82) is 0 Å². The number of nitrogens with one attached hydrogen (secondary N) is 1. The number of ether oxygens (including phenoxy) is 1. The summed E-state index contributed by atoms with van der Waals surface area (Å²) >= 11 is 0. The summed E-state index contributed by atoms with van der Waals surface area (Å²) in [6, 6.07) is 0. The van der Waals surface area contributed by atoms with Crippen molar-refractivity contribution >= 4 is 23.5 Å². The van der Waals surface area contributed by atoms with Gasteiger partial charge in [-0.05, 0) is 56.9 Å². The number of aromatic amines is 1. The highest BCUT2D eigenvalue weighted by molar-refractivity contribution is 6.04. The number of rotatable bonds is 5. The second-order valence-electron chi connectivity index (χ2n) is 5.85. The van der Waals surface area contributed by atoms with Gasteiger partial charge in [-0.1, -0.05) is 0 Å². The zero-order chi connectivity index (χ0) is 18.0. The van der Waals surface area contributed by atoms with Gasteiger partial charge in [0.15, 0.2) is 11.7 Å². The maximum absolute atomic E-state index is 11.6. The first kappa shape index (κ1) is 17.7. The summed E-state index contributed by atoms with van der Waals surface area (Å²) in [6.07, 6.45) is 2.68. The molecule has 2 rings (SSSR count). The number of hydrogen-bond acceptors (Lipinski definition) is 5. The van der Waals surface area contributed by atoms with E-state index in [-0.39, 0.29) is 17.6 Å². The van der Waals surface area contributed by atoms with Gasteiger partial charge >= 0.3 is 5.97 Å². The number of methoxy groups -OCH3 is 1. The Morgan fingerprint density at radius 1 is 1.29 bits per heavy atom. The van der Waals surface area contributed by atoms with Crippen LogP contribution in [0.3, 0.4) is 0 Å². The number of hydrogen-bond donors (Lipinski definition) is 2. The van der Waals surface area contributed by atoms with Crippen LogP contribution in [0.2, 0.25) is 0 Å². The van der Waals surface area contributed by atoms with Gasteiger partial charge in [0.05, 0.1) is 18.4 Å². The quantitative estimate of drug-likeness (QED) is 0.640. The molecule has 0 unspecified atom stereocenters. The average molecular weight is 330 g/mol. The van der Waals surface area contributed by atoms with Gasteiger partial charge in [0.2, 0.25) is 0 Å². The highest BCUT2D eigenvalue weighted by atomic mass is 16.5. The molecule has 0 bridgehead atoms. The van der Waals surface area contributed by atoms with Crippen LogP contribution in [0.4, 0.5) is 0 Å². The molecule has 0 radical (unpaired) electrons. The van der Waals surface area contributed by atoms with Crippen LogP contribution in [-0.2, 0) is 9.53 Å². The molecule has 0 aliphatic carbocycles. The van der Waals surface area contributed by atoms with Gasteiger partial charge in [0.25, 0.3) is 0 Å². The molecule has 0 spiro atoms. The average Bonchev–Trinajstić information content (AvgIpc) is 2.94. The predicted molar refractivity (Wildman–Crippen MR) is 92.2 cm³/mol. The number of aromatic nitrogens is 1. The lowest BCUT2D eigenvalue weighted by molar-refractivity contribution is -0.140. The molecule has 1 aliphatic heterocycles. The summed E-state index contributed by atoms with van der Waals surface area (Å²) in [6.45, 7) is 7.04. The van der Waals surface area contributed by atoms with Crippen molar-refractivity contribution in [3.63, 3.8) is 0 Å². The minimum absolute atomic E-state index is 0.127. The minimum Gasteiger partial charge on any atom is -0.494 e. The number of ketones is 1. The van der Waals surface area contributed by atoms with E-state index in [4.69, 9.17) is 0 Å². The third kappa shape index (κ3) is 3.32. The number of nitrogens with zero attached hydrogens (tertiary/aromatic N) is 1. The van der Waals surface area contributed by atoms with E-state index in [1.807, 2.05) is 19.9 Å². The second-order valence-corrected chi connectivity index (χ2v) is 5.85. The lowest BCUT2D eigenvalue weighted by Gasteiger charge is -2.04. The van der Waals surface area contributed by atoms with E-state index in [0.717, 1.165) is 22.6 Å². The molecule has 2 N–H and O–H groups in total. The second kappa shape index (κ2) is 6.86. The molecular weight excluding hydrogens is 308 g/mol. The molecule has 1 aliphatic rings. The van der Waals surface area contributed by atoms with Crippen LogP contribution < -0.4 is 0 Å². The van der Waals surface area contributed by atoms with E-state index in [1.54, 1.807) is 6.92 Å². The largest absolute Gasteiger partial charge is 0.494 e. The molecule has 0 aromatic carbocycles.